The molecule has 0 aromatic heterocycles. The maximum Gasteiger partial charge on any atom is 0.308 e. The lowest BCUT2D eigenvalue weighted by Crippen LogP contribution is -2.24. The summed E-state index contributed by atoms with van der Waals surface area (Å²) in [5.74, 6) is -1.43. The summed E-state index contributed by atoms with van der Waals surface area (Å²) in [6.07, 6.45) is 0.184. The number of carbonyl (C=O) groups excluding carboxylic acids is 3. The largest absolute Gasteiger partial charge is 0.422 e. The smallest absolute Gasteiger partial charge is 0.308 e. The first kappa shape index (κ1) is 13.5. The molecule has 0 bridgehead atoms. The van der Waals surface area contributed by atoms with Crippen LogP contribution in [0, 0.1) is 0 Å². The maximum atomic E-state index is 12.3. The molecule has 1 aromatic carbocycles. The first-order valence-electron chi connectivity index (χ1n) is 5.72. The van der Waals surface area contributed by atoms with Gasteiger partial charge in [-0.3, -0.25) is 14.4 Å². The van der Waals surface area contributed by atoms with Crippen molar-refractivity contribution in [3.05, 3.63) is 46.7 Å². The van der Waals surface area contributed by atoms with Crippen molar-refractivity contribution in [2.45, 2.75) is 13.3 Å². The van der Waals surface area contributed by atoms with Crippen LogP contribution in [-0.2, 0) is 9.53 Å². The van der Waals surface area contributed by atoms with Crippen LogP contribution in [-0.4, -0.2) is 23.4 Å². The Labute approximate surface area is 115 Å². The van der Waals surface area contributed by atoms with Gasteiger partial charge in [0, 0.05) is 29.5 Å². The quantitative estimate of drug-likeness (QED) is 0.630. The lowest BCUT2D eigenvalue weighted by atomic mass is 9.87. The first-order chi connectivity index (χ1) is 9.06. The number of benzene rings is 1. The Kier molecular flexibility index (Phi) is 3.81. The van der Waals surface area contributed by atoms with Crippen LogP contribution in [0.15, 0.2) is 35.6 Å². The van der Waals surface area contributed by atoms with E-state index in [1.165, 1.54) is 13.0 Å². The van der Waals surface area contributed by atoms with Gasteiger partial charge in [-0.15, -0.1) is 11.6 Å². The van der Waals surface area contributed by atoms with Crippen LogP contribution in [0.4, 0.5) is 0 Å². The molecule has 4 nitrogen and oxygen atoms in total. The lowest BCUT2D eigenvalue weighted by molar-refractivity contribution is -0.136. The van der Waals surface area contributed by atoms with Gasteiger partial charge in [-0.25, -0.2) is 0 Å². The predicted molar refractivity (Wildman–Crippen MR) is 69.2 cm³/mol. The van der Waals surface area contributed by atoms with E-state index in [9.17, 15) is 14.4 Å². The molecule has 98 valence electrons. The Morgan fingerprint density at radius 3 is 2.26 bits per heavy atom. The highest BCUT2D eigenvalue weighted by atomic mass is 35.5. The van der Waals surface area contributed by atoms with Crippen molar-refractivity contribution < 1.29 is 19.1 Å². The van der Waals surface area contributed by atoms with Crippen LogP contribution < -0.4 is 0 Å². The molecule has 0 N–H and O–H groups in total. The molecule has 0 atom stereocenters. The number of alkyl halides is 1. The second-order valence-electron chi connectivity index (χ2n) is 4.04. The number of halogens is 1. The number of esters is 1. The fourth-order valence-electron chi connectivity index (χ4n) is 1.98. The number of ketones is 2. The SMILES string of the molecule is CC(=O)OC1=C(CCCl)C(=O)c2ccccc2C1=O. The Morgan fingerprint density at radius 1 is 1.16 bits per heavy atom. The molecule has 0 heterocycles. The van der Waals surface area contributed by atoms with Crippen LogP contribution in [0.3, 0.4) is 0 Å². The van der Waals surface area contributed by atoms with E-state index in [1.54, 1.807) is 18.2 Å². The normalized spacial score (nSPS) is 14.4. The highest BCUT2D eigenvalue weighted by Crippen LogP contribution is 2.29. The van der Waals surface area contributed by atoms with Crippen LogP contribution in [0.5, 0.6) is 0 Å². The van der Waals surface area contributed by atoms with Gasteiger partial charge in [-0.1, -0.05) is 24.3 Å². The third kappa shape index (κ3) is 2.44. The molecular formula is C14H11ClO4. The highest BCUT2D eigenvalue weighted by molar-refractivity contribution is 6.27. The van der Waals surface area contributed by atoms with Gasteiger partial charge < -0.3 is 4.74 Å². The Morgan fingerprint density at radius 2 is 1.74 bits per heavy atom. The standard InChI is InChI=1S/C14H11ClO4/c1-8(16)19-14-11(6-7-15)12(17)9-4-2-3-5-10(9)13(14)18/h2-5H,6-7H2,1H3. The number of rotatable bonds is 3. The summed E-state index contributed by atoms with van der Waals surface area (Å²) in [4.78, 5) is 35.6. The van der Waals surface area contributed by atoms with E-state index < -0.39 is 11.8 Å². The molecule has 1 aromatic rings. The van der Waals surface area contributed by atoms with Gasteiger partial charge in [-0.2, -0.15) is 0 Å². The van der Waals surface area contributed by atoms with E-state index in [1.807, 2.05) is 0 Å². The van der Waals surface area contributed by atoms with E-state index in [2.05, 4.69) is 0 Å². The third-order valence-corrected chi connectivity index (χ3v) is 2.95. The van der Waals surface area contributed by atoms with E-state index in [0.29, 0.717) is 5.56 Å². The summed E-state index contributed by atoms with van der Waals surface area (Å²) < 4.78 is 4.91. The number of allylic oxidation sites excluding steroid dienone is 2. The van der Waals surface area contributed by atoms with E-state index in [-0.39, 0.29) is 35.0 Å². The summed E-state index contributed by atoms with van der Waals surface area (Å²) >= 11 is 5.64. The number of carbonyl (C=O) groups is 3. The van der Waals surface area contributed by atoms with Crippen molar-refractivity contribution in [3.63, 3.8) is 0 Å². The average molecular weight is 279 g/mol. The van der Waals surface area contributed by atoms with Crippen molar-refractivity contribution in [3.8, 4) is 0 Å². The molecule has 0 aliphatic heterocycles. The van der Waals surface area contributed by atoms with E-state index >= 15 is 0 Å². The second kappa shape index (κ2) is 5.36. The van der Waals surface area contributed by atoms with Gasteiger partial charge in [0.1, 0.15) is 0 Å². The minimum absolute atomic E-state index is 0.161. The molecule has 2 rings (SSSR count). The van der Waals surface area contributed by atoms with Crippen molar-refractivity contribution >= 4 is 29.1 Å². The van der Waals surface area contributed by atoms with Gasteiger partial charge in [-0.05, 0) is 6.42 Å². The van der Waals surface area contributed by atoms with Gasteiger partial charge in [0.2, 0.25) is 5.78 Å². The number of hydrogen-bond acceptors (Lipinski definition) is 4. The zero-order valence-electron chi connectivity index (χ0n) is 10.2. The summed E-state index contributed by atoms with van der Waals surface area (Å²) in [6, 6.07) is 6.45. The summed E-state index contributed by atoms with van der Waals surface area (Å²) in [5.41, 5.74) is 0.736. The van der Waals surface area contributed by atoms with Crippen molar-refractivity contribution in [1.82, 2.24) is 0 Å². The topological polar surface area (TPSA) is 60.4 Å². The molecule has 0 fully saturated rings. The molecule has 19 heavy (non-hydrogen) atoms. The third-order valence-electron chi connectivity index (χ3n) is 2.76. The molecular weight excluding hydrogens is 268 g/mol. The molecule has 5 heteroatoms. The predicted octanol–water partition coefficient (Wildman–Crippen LogP) is 2.51. The molecule has 0 saturated heterocycles. The molecule has 0 spiro atoms. The van der Waals surface area contributed by atoms with Gasteiger partial charge in [0.05, 0.1) is 0 Å². The van der Waals surface area contributed by atoms with Gasteiger partial charge >= 0.3 is 5.97 Å². The number of ether oxygens (including phenoxy) is 1. The van der Waals surface area contributed by atoms with E-state index in [0.717, 1.165) is 0 Å². The minimum atomic E-state index is -0.636. The van der Waals surface area contributed by atoms with Crippen molar-refractivity contribution in [2.24, 2.45) is 0 Å². The molecule has 0 radical (unpaired) electrons. The van der Waals surface area contributed by atoms with Gasteiger partial charge in [0.25, 0.3) is 0 Å². The van der Waals surface area contributed by atoms with Crippen LogP contribution in [0.2, 0.25) is 0 Å². The lowest BCUT2D eigenvalue weighted by Gasteiger charge is -2.19. The van der Waals surface area contributed by atoms with Crippen molar-refractivity contribution in [1.29, 1.82) is 0 Å². The second-order valence-corrected chi connectivity index (χ2v) is 4.42. The zero-order valence-corrected chi connectivity index (χ0v) is 11.0. The minimum Gasteiger partial charge on any atom is -0.422 e. The Balaban J connectivity index is 2.58. The molecule has 0 unspecified atom stereocenters. The fraction of sp³-hybridized carbons (Fsp3) is 0.214. The van der Waals surface area contributed by atoms with Crippen LogP contribution in [0.25, 0.3) is 0 Å². The molecule has 1 aliphatic carbocycles. The molecule has 1 aliphatic rings. The van der Waals surface area contributed by atoms with Crippen LogP contribution >= 0.6 is 11.6 Å². The van der Waals surface area contributed by atoms with E-state index in [4.69, 9.17) is 16.3 Å². The first-order valence-corrected chi connectivity index (χ1v) is 6.25. The average Bonchev–Trinajstić information content (AvgIpc) is 2.39. The zero-order chi connectivity index (χ0) is 14.0. The van der Waals surface area contributed by atoms with Crippen LogP contribution in [0.1, 0.15) is 34.1 Å². The number of Topliss-reactive ketones (excluding diaryl/α,β-unsaturated/α-hetero) is 2. The summed E-state index contributed by atoms with van der Waals surface area (Å²) in [5, 5.41) is 0. The molecule has 0 saturated carbocycles. The summed E-state index contributed by atoms with van der Waals surface area (Å²) in [7, 11) is 0. The fourth-order valence-corrected chi connectivity index (χ4v) is 2.17. The van der Waals surface area contributed by atoms with Gasteiger partial charge in [0.15, 0.2) is 11.5 Å². The molecule has 0 amide bonds. The highest BCUT2D eigenvalue weighted by Gasteiger charge is 2.33. The summed E-state index contributed by atoms with van der Waals surface area (Å²) in [6.45, 7) is 1.18. The monoisotopic (exact) mass is 278 g/mol. The van der Waals surface area contributed by atoms with Crippen molar-refractivity contribution in [2.75, 3.05) is 5.88 Å². The number of fused-ring (bicyclic) bond motifs is 1. The Bertz CT molecular complexity index is 601. The maximum absolute atomic E-state index is 12.3. The Hall–Kier alpha value is -1.94. The number of hydrogen-bond donors (Lipinski definition) is 0.